The average Bonchev–Trinajstić information content (AvgIpc) is 2.58. The summed E-state index contributed by atoms with van der Waals surface area (Å²) in [6.07, 6.45) is 4.64. The van der Waals surface area contributed by atoms with Gasteiger partial charge >= 0.3 is 0 Å². The Balaban J connectivity index is 2.58. The molecule has 0 radical (unpaired) electrons. The fourth-order valence-electron chi connectivity index (χ4n) is 1.78. The second-order valence-electron chi connectivity index (χ2n) is 4.53. The number of rotatable bonds is 8. The first-order valence-electron chi connectivity index (χ1n) is 6.12. The molecule has 0 aromatic carbocycles. The van der Waals surface area contributed by atoms with Crippen LogP contribution in [0.15, 0.2) is 6.20 Å². The van der Waals surface area contributed by atoms with E-state index in [-0.39, 0.29) is 6.04 Å². The van der Waals surface area contributed by atoms with E-state index in [1.807, 2.05) is 13.1 Å². The third kappa shape index (κ3) is 5.18. The highest BCUT2D eigenvalue weighted by Crippen LogP contribution is 2.11. The zero-order chi connectivity index (χ0) is 13.5. The van der Waals surface area contributed by atoms with Gasteiger partial charge in [-0.25, -0.2) is 4.98 Å². The average molecular weight is 273 g/mol. The fraction of sp³-hybridized carbons (Fsp3) is 0.750. The van der Waals surface area contributed by atoms with Crippen LogP contribution in [-0.2, 0) is 22.1 Å². The quantitative estimate of drug-likeness (QED) is 0.778. The molecule has 0 aliphatic carbocycles. The van der Waals surface area contributed by atoms with E-state index in [0.717, 1.165) is 30.4 Å². The Labute approximate surface area is 111 Å². The lowest BCUT2D eigenvalue weighted by atomic mass is 10.4. The predicted molar refractivity (Wildman–Crippen MR) is 75.5 cm³/mol. The topological polar surface area (TPSA) is 56.1 Å². The highest BCUT2D eigenvalue weighted by Gasteiger charge is 2.08. The number of imidazole rings is 1. The van der Waals surface area contributed by atoms with E-state index in [1.165, 1.54) is 0 Å². The lowest BCUT2D eigenvalue weighted by Crippen LogP contribution is -2.23. The molecule has 0 amide bonds. The monoisotopic (exact) mass is 273 g/mol. The molecule has 1 aromatic heterocycles. The standard InChI is InChI=1S/C12H23N3O2S/c1-10-8-15(6-5-7-18(4)16)12(13-10)14-11(2)9-17-3/h8,11H,5-7,9H2,1-4H3,(H,13,14). The van der Waals surface area contributed by atoms with Crippen LogP contribution in [0.2, 0.25) is 0 Å². The van der Waals surface area contributed by atoms with Gasteiger partial charge in [0, 0.05) is 48.7 Å². The number of anilines is 1. The van der Waals surface area contributed by atoms with Gasteiger partial charge in [0.1, 0.15) is 0 Å². The lowest BCUT2D eigenvalue weighted by Gasteiger charge is -2.15. The largest absolute Gasteiger partial charge is 0.383 e. The maximum atomic E-state index is 11.0. The van der Waals surface area contributed by atoms with Crippen molar-refractivity contribution in [2.24, 2.45) is 0 Å². The highest BCUT2D eigenvalue weighted by molar-refractivity contribution is 7.84. The minimum atomic E-state index is -0.727. The first kappa shape index (κ1) is 15.2. The van der Waals surface area contributed by atoms with Crippen molar-refractivity contribution in [1.29, 1.82) is 0 Å². The first-order chi connectivity index (χ1) is 8.52. The summed E-state index contributed by atoms with van der Waals surface area (Å²) in [7, 11) is 0.960. The third-order valence-corrected chi connectivity index (χ3v) is 3.38. The van der Waals surface area contributed by atoms with E-state index in [0.29, 0.717) is 6.61 Å². The highest BCUT2D eigenvalue weighted by atomic mass is 32.2. The van der Waals surface area contributed by atoms with Crippen LogP contribution in [-0.4, -0.2) is 45.5 Å². The Bertz CT molecular complexity index is 393. The summed E-state index contributed by atoms with van der Waals surface area (Å²) in [6.45, 7) is 5.51. The number of nitrogens with one attached hydrogen (secondary N) is 1. The molecule has 0 bridgehead atoms. The summed E-state index contributed by atoms with van der Waals surface area (Å²) in [5.74, 6) is 1.59. The zero-order valence-electron chi connectivity index (χ0n) is 11.6. The van der Waals surface area contributed by atoms with E-state index in [2.05, 4.69) is 21.8 Å². The number of aryl methyl sites for hydroxylation is 2. The molecular weight excluding hydrogens is 250 g/mol. The molecule has 0 fully saturated rings. The molecule has 1 aromatic rings. The molecule has 0 spiro atoms. The first-order valence-corrected chi connectivity index (χ1v) is 7.85. The number of hydrogen-bond donors (Lipinski definition) is 1. The maximum Gasteiger partial charge on any atom is 0.203 e. The fourth-order valence-corrected chi connectivity index (χ4v) is 2.32. The van der Waals surface area contributed by atoms with Crippen LogP contribution in [0.5, 0.6) is 0 Å². The Hall–Kier alpha value is -0.880. The summed E-state index contributed by atoms with van der Waals surface area (Å²) in [4.78, 5) is 4.45. The molecule has 2 atom stereocenters. The molecule has 104 valence electrons. The second kappa shape index (κ2) is 7.53. The molecule has 5 nitrogen and oxygen atoms in total. The minimum Gasteiger partial charge on any atom is -0.383 e. The molecule has 1 rings (SSSR count). The van der Waals surface area contributed by atoms with E-state index >= 15 is 0 Å². The number of hydrogen-bond acceptors (Lipinski definition) is 4. The number of nitrogens with zero attached hydrogens (tertiary/aromatic N) is 2. The summed E-state index contributed by atoms with van der Waals surface area (Å²) in [5, 5.41) is 3.32. The van der Waals surface area contributed by atoms with Crippen molar-refractivity contribution in [3.05, 3.63) is 11.9 Å². The van der Waals surface area contributed by atoms with Crippen molar-refractivity contribution in [2.75, 3.05) is 31.0 Å². The molecular formula is C12H23N3O2S. The van der Waals surface area contributed by atoms with Gasteiger partial charge in [0.25, 0.3) is 0 Å². The molecule has 1 heterocycles. The van der Waals surface area contributed by atoms with Crippen LogP contribution in [0.4, 0.5) is 5.95 Å². The van der Waals surface area contributed by atoms with Gasteiger partial charge < -0.3 is 14.6 Å². The minimum absolute atomic E-state index is 0.218. The Morgan fingerprint density at radius 3 is 2.94 bits per heavy atom. The number of aromatic nitrogens is 2. The van der Waals surface area contributed by atoms with Crippen LogP contribution >= 0.6 is 0 Å². The number of methoxy groups -OCH3 is 1. The van der Waals surface area contributed by atoms with Gasteiger partial charge in [-0.05, 0) is 20.3 Å². The predicted octanol–water partition coefficient (Wildman–Crippen LogP) is 1.41. The van der Waals surface area contributed by atoms with Crippen molar-refractivity contribution in [3.8, 4) is 0 Å². The molecule has 18 heavy (non-hydrogen) atoms. The van der Waals surface area contributed by atoms with E-state index in [9.17, 15) is 4.21 Å². The molecule has 1 N–H and O–H groups in total. The Morgan fingerprint density at radius 1 is 1.61 bits per heavy atom. The summed E-state index contributed by atoms with van der Waals surface area (Å²) >= 11 is 0. The summed E-state index contributed by atoms with van der Waals surface area (Å²) in [5.41, 5.74) is 0.986. The SMILES string of the molecule is COCC(C)Nc1nc(C)cn1CCCS(C)=O. The van der Waals surface area contributed by atoms with E-state index < -0.39 is 10.8 Å². The molecule has 0 saturated heterocycles. The molecule has 6 heteroatoms. The molecule has 2 unspecified atom stereocenters. The molecule has 0 aliphatic heterocycles. The second-order valence-corrected chi connectivity index (χ2v) is 6.09. The van der Waals surface area contributed by atoms with Crippen molar-refractivity contribution in [1.82, 2.24) is 9.55 Å². The Morgan fingerprint density at radius 2 is 2.33 bits per heavy atom. The van der Waals surface area contributed by atoms with Crippen molar-refractivity contribution >= 4 is 16.7 Å². The van der Waals surface area contributed by atoms with Crippen LogP contribution in [0.3, 0.4) is 0 Å². The normalized spacial score (nSPS) is 14.4. The van der Waals surface area contributed by atoms with Gasteiger partial charge in [-0.2, -0.15) is 0 Å². The van der Waals surface area contributed by atoms with Gasteiger partial charge in [-0.15, -0.1) is 0 Å². The van der Waals surface area contributed by atoms with Gasteiger partial charge in [0.2, 0.25) is 5.95 Å². The molecule has 0 aliphatic rings. The lowest BCUT2D eigenvalue weighted by molar-refractivity contribution is 0.190. The number of ether oxygens (including phenoxy) is 1. The van der Waals surface area contributed by atoms with Crippen LogP contribution in [0.1, 0.15) is 19.0 Å². The van der Waals surface area contributed by atoms with E-state index in [4.69, 9.17) is 4.74 Å². The van der Waals surface area contributed by atoms with Gasteiger partial charge in [0.05, 0.1) is 12.3 Å². The van der Waals surface area contributed by atoms with Crippen molar-refractivity contribution in [2.45, 2.75) is 32.9 Å². The van der Waals surface area contributed by atoms with Crippen LogP contribution in [0.25, 0.3) is 0 Å². The Kier molecular flexibility index (Phi) is 6.35. The van der Waals surface area contributed by atoms with Crippen LogP contribution < -0.4 is 5.32 Å². The van der Waals surface area contributed by atoms with E-state index in [1.54, 1.807) is 13.4 Å². The van der Waals surface area contributed by atoms with Crippen LogP contribution in [0, 0.1) is 6.92 Å². The van der Waals surface area contributed by atoms with Gasteiger partial charge in [-0.3, -0.25) is 4.21 Å². The smallest absolute Gasteiger partial charge is 0.203 e. The van der Waals surface area contributed by atoms with Crippen molar-refractivity contribution < 1.29 is 8.95 Å². The van der Waals surface area contributed by atoms with Gasteiger partial charge in [-0.1, -0.05) is 0 Å². The third-order valence-electron chi connectivity index (χ3n) is 2.52. The zero-order valence-corrected chi connectivity index (χ0v) is 12.4. The summed E-state index contributed by atoms with van der Waals surface area (Å²) < 4.78 is 18.2. The van der Waals surface area contributed by atoms with Gasteiger partial charge in [0.15, 0.2) is 0 Å². The maximum absolute atomic E-state index is 11.0. The molecule has 0 saturated carbocycles. The summed E-state index contributed by atoms with van der Waals surface area (Å²) in [6, 6.07) is 0.218. The van der Waals surface area contributed by atoms with Crippen molar-refractivity contribution in [3.63, 3.8) is 0 Å².